The molecule has 178 valence electrons. The van der Waals surface area contributed by atoms with Crippen molar-refractivity contribution in [2.45, 2.75) is 32.7 Å². The first kappa shape index (κ1) is 24.0. The number of halogens is 1. The van der Waals surface area contributed by atoms with Gasteiger partial charge in [0.2, 0.25) is 17.7 Å². The average Bonchev–Trinajstić information content (AvgIpc) is 3.32. The van der Waals surface area contributed by atoms with E-state index in [-0.39, 0.29) is 59.5 Å². The molecule has 9 heteroatoms. The van der Waals surface area contributed by atoms with Crippen LogP contribution in [0.3, 0.4) is 0 Å². The monoisotopic (exact) mass is 565 g/mol. The van der Waals surface area contributed by atoms with Gasteiger partial charge in [0.05, 0.1) is 25.0 Å². The lowest BCUT2D eigenvalue weighted by atomic mass is 9.85. The number of allylic oxidation sites excluding steroid dienone is 2. The summed E-state index contributed by atoms with van der Waals surface area (Å²) in [7, 11) is 0. The van der Waals surface area contributed by atoms with Gasteiger partial charge in [-0.15, -0.1) is 24.0 Å². The van der Waals surface area contributed by atoms with Crippen molar-refractivity contribution in [1.29, 1.82) is 0 Å². The van der Waals surface area contributed by atoms with Gasteiger partial charge in [0.25, 0.3) is 0 Å². The van der Waals surface area contributed by atoms with E-state index in [4.69, 9.17) is 4.74 Å². The zero-order valence-corrected chi connectivity index (χ0v) is 21.2. The number of nitrogens with zero attached hydrogens (tertiary/aromatic N) is 3. The highest BCUT2D eigenvalue weighted by molar-refractivity contribution is 14.0. The van der Waals surface area contributed by atoms with Gasteiger partial charge in [-0.25, -0.2) is 9.98 Å². The summed E-state index contributed by atoms with van der Waals surface area (Å²) in [5.74, 6) is 2.23. The molecule has 0 aromatic carbocycles. The number of aliphatic imine (C=N–C) groups is 1. The summed E-state index contributed by atoms with van der Waals surface area (Å²) in [6, 6.07) is 3.86. The SMILES string of the molecule is CCNC(=NCc1ccc(OCC2CC2)nc1)NCCN1C(=O)C2C3C=CC(C3)C2C1=O.I. The molecule has 1 aromatic heterocycles. The molecule has 2 amide bonds. The fourth-order valence-corrected chi connectivity index (χ4v) is 5.06. The molecule has 1 saturated heterocycles. The highest BCUT2D eigenvalue weighted by Gasteiger charge is 2.58. The van der Waals surface area contributed by atoms with E-state index in [1.54, 1.807) is 6.20 Å². The van der Waals surface area contributed by atoms with Gasteiger partial charge in [0.15, 0.2) is 5.96 Å². The fraction of sp³-hybridized carbons (Fsp3) is 0.583. The Balaban J connectivity index is 0.00000259. The molecule has 2 N–H and O–H groups in total. The molecule has 1 aliphatic heterocycles. The van der Waals surface area contributed by atoms with Crippen molar-refractivity contribution in [3.8, 4) is 5.88 Å². The van der Waals surface area contributed by atoms with Crippen molar-refractivity contribution in [2.75, 3.05) is 26.2 Å². The Kier molecular flexibility index (Phi) is 7.55. The summed E-state index contributed by atoms with van der Waals surface area (Å²) < 4.78 is 5.68. The summed E-state index contributed by atoms with van der Waals surface area (Å²) in [6.07, 6.45) is 9.50. The van der Waals surface area contributed by atoms with Crippen LogP contribution in [0.15, 0.2) is 35.5 Å². The largest absolute Gasteiger partial charge is 0.477 e. The van der Waals surface area contributed by atoms with Crippen LogP contribution in [0.25, 0.3) is 0 Å². The molecule has 3 aliphatic carbocycles. The highest BCUT2D eigenvalue weighted by Crippen LogP contribution is 2.52. The van der Waals surface area contributed by atoms with E-state index >= 15 is 0 Å². The van der Waals surface area contributed by atoms with Gasteiger partial charge in [-0.2, -0.15) is 0 Å². The number of guanidine groups is 1. The molecule has 4 unspecified atom stereocenters. The van der Waals surface area contributed by atoms with Gasteiger partial charge >= 0.3 is 0 Å². The van der Waals surface area contributed by atoms with Crippen LogP contribution in [-0.2, 0) is 16.1 Å². The average molecular weight is 565 g/mol. The van der Waals surface area contributed by atoms with E-state index in [0.29, 0.717) is 37.4 Å². The van der Waals surface area contributed by atoms with Gasteiger partial charge in [0.1, 0.15) is 0 Å². The van der Waals surface area contributed by atoms with Crippen LogP contribution in [0.2, 0.25) is 0 Å². The maximum absolute atomic E-state index is 12.8. The van der Waals surface area contributed by atoms with E-state index in [0.717, 1.165) is 25.1 Å². The number of nitrogens with one attached hydrogen (secondary N) is 2. The van der Waals surface area contributed by atoms with E-state index in [9.17, 15) is 9.59 Å². The molecule has 4 aliphatic rings. The normalized spacial score (nSPS) is 27.5. The molecule has 4 atom stereocenters. The number of carbonyl (C=O) groups excluding carboxylic acids is 2. The van der Waals surface area contributed by atoms with Crippen molar-refractivity contribution >= 4 is 41.8 Å². The number of pyridine rings is 1. The van der Waals surface area contributed by atoms with Crippen LogP contribution >= 0.6 is 24.0 Å². The molecule has 2 saturated carbocycles. The second-order valence-electron chi connectivity index (χ2n) is 9.21. The first-order valence-electron chi connectivity index (χ1n) is 11.8. The molecule has 2 heterocycles. The van der Waals surface area contributed by atoms with Gasteiger partial charge in [0, 0.05) is 31.9 Å². The van der Waals surface area contributed by atoms with E-state index < -0.39 is 0 Å². The standard InChI is InChI=1S/C24H31N5O3.HI/c1-2-25-24(28-13-16-5-8-19(27-12-16)32-14-15-3-4-15)26-9-10-29-22(30)20-17-6-7-18(11-17)21(20)23(29)31;/h5-8,12,15,17-18,20-21H,2-4,9-11,13-14H2,1H3,(H2,25,26,28);1H. The second-order valence-corrected chi connectivity index (χ2v) is 9.21. The summed E-state index contributed by atoms with van der Waals surface area (Å²) in [5.41, 5.74) is 0.988. The number of amides is 2. The Morgan fingerprint density at radius 2 is 1.88 bits per heavy atom. The molecule has 3 fully saturated rings. The quantitative estimate of drug-likeness (QED) is 0.157. The Hall–Kier alpha value is -2.17. The molecule has 5 rings (SSSR count). The summed E-state index contributed by atoms with van der Waals surface area (Å²) in [6.45, 7) is 4.79. The lowest BCUT2D eigenvalue weighted by Crippen LogP contribution is -2.43. The van der Waals surface area contributed by atoms with Crippen LogP contribution in [-0.4, -0.2) is 53.9 Å². The third-order valence-corrected chi connectivity index (χ3v) is 6.91. The Labute approximate surface area is 211 Å². The van der Waals surface area contributed by atoms with Gasteiger partial charge in [-0.1, -0.05) is 18.2 Å². The van der Waals surface area contributed by atoms with Gasteiger partial charge in [-0.05, 0) is 49.5 Å². The van der Waals surface area contributed by atoms with Crippen LogP contribution in [0.1, 0.15) is 31.7 Å². The van der Waals surface area contributed by atoms with Crippen molar-refractivity contribution in [3.63, 3.8) is 0 Å². The highest BCUT2D eigenvalue weighted by atomic mass is 127. The molecule has 8 nitrogen and oxygen atoms in total. The number of carbonyl (C=O) groups is 2. The minimum atomic E-state index is -0.136. The van der Waals surface area contributed by atoms with Crippen molar-refractivity contribution < 1.29 is 14.3 Å². The van der Waals surface area contributed by atoms with Crippen molar-refractivity contribution in [3.05, 3.63) is 36.0 Å². The Morgan fingerprint density at radius 1 is 1.15 bits per heavy atom. The van der Waals surface area contributed by atoms with Crippen LogP contribution in [0, 0.1) is 29.6 Å². The molecule has 0 radical (unpaired) electrons. The lowest BCUT2D eigenvalue weighted by Gasteiger charge is -2.18. The zero-order chi connectivity index (χ0) is 22.1. The predicted molar refractivity (Wildman–Crippen MR) is 135 cm³/mol. The summed E-state index contributed by atoms with van der Waals surface area (Å²) in [4.78, 5) is 36.0. The molecule has 2 bridgehead atoms. The molecule has 1 aromatic rings. The number of aromatic nitrogens is 1. The maximum atomic E-state index is 12.8. The first-order valence-corrected chi connectivity index (χ1v) is 11.8. The van der Waals surface area contributed by atoms with Crippen molar-refractivity contribution in [1.82, 2.24) is 20.5 Å². The second kappa shape index (κ2) is 10.4. The number of rotatable bonds is 9. The van der Waals surface area contributed by atoms with E-state index in [1.165, 1.54) is 17.7 Å². The number of fused-ring (bicyclic) bond motifs is 5. The number of hydrogen-bond acceptors (Lipinski definition) is 5. The smallest absolute Gasteiger partial charge is 0.233 e. The third kappa shape index (κ3) is 5.17. The predicted octanol–water partition coefficient (Wildman–Crippen LogP) is 2.35. The Morgan fingerprint density at radius 3 is 2.48 bits per heavy atom. The number of likely N-dealkylation sites (tertiary alicyclic amines) is 1. The number of imide groups is 1. The minimum absolute atomic E-state index is 0. The van der Waals surface area contributed by atoms with Crippen molar-refractivity contribution in [2.24, 2.45) is 34.6 Å². The van der Waals surface area contributed by atoms with Gasteiger partial charge < -0.3 is 15.4 Å². The lowest BCUT2D eigenvalue weighted by molar-refractivity contribution is -0.140. The molecule has 33 heavy (non-hydrogen) atoms. The number of ether oxygens (including phenoxy) is 1. The Bertz CT molecular complexity index is 901. The molecular formula is C24H32IN5O3. The van der Waals surface area contributed by atoms with Crippen LogP contribution in [0.5, 0.6) is 5.88 Å². The van der Waals surface area contributed by atoms with Crippen LogP contribution < -0.4 is 15.4 Å². The first-order chi connectivity index (χ1) is 15.6. The summed E-state index contributed by atoms with van der Waals surface area (Å²) in [5, 5.41) is 6.46. The maximum Gasteiger partial charge on any atom is 0.233 e. The van der Waals surface area contributed by atoms with E-state index in [1.807, 2.05) is 19.1 Å². The van der Waals surface area contributed by atoms with Gasteiger partial charge in [-0.3, -0.25) is 14.5 Å². The van der Waals surface area contributed by atoms with Crippen LogP contribution in [0.4, 0.5) is 0 Å². The fourth-order valence-electron chi connectivity index (χ4n) is 5.06. The zero-order valence-electron chi connectivity index (χ0n) is 18.9. The molecular weight excluding hydrogens is 533 g/mol. The topological polar surface area (TPSA) is 95.9 Å². The minimum Gasteiger partial charge on any atom is -0.477 e. The van der Waals surface area contributed by atoms with E-state index in [2.05, 4.69) is 32.8 Å². The summed E-state index contributed by atoms with van der Waals surface area (Å²) >= 11 is 0. The molecule has 0 spiro atoms. The number of hydrogen-bond donors (Lipinski definition) is 2. The third-order valence-electron chi connectivity index (χ3n) is 6.91.